The first-order valence-electron chi connectivity index (χ1n) is 13.4. The molecule has 0 aliphatic heterocycles. The third-order valence-electron chi connectivity index (χ3n) is 6.43. The van der Waals surface area contributed by atoms with Crippen molar-refractivity contribution in [2.75, 3.05) is 31.5 Å². The predicted molar refractivity (Wildman–Crippen MR) is 155 cm³/mol. The van der Waals surface area contributed by atoms with Gasteiger partial charge in [-0.15, -0.1) is 0 Å². The molecule has 1 atom stereocenters. The lowest BCUT2D eigenvalue weighted by Crippen LogP contribution is -2.23. The molecule has 0 radical (unpaired) electrons. The molecule has 0 saturated heterocycles. The van der Waals surface area contributed by atoms with Crippen LogP contribution in [0.2, 0.25) is 0 Å². The lowest BCUT2D eigenvalue weighted by atomic mass is 9.97. The van der Waals surface area contributed by atoms with Crippen LogP contribution in [0.15, 0.2) is 31.0 Å². The van der Waals surface area contributed by atoms with Gasteiger partial charge in [-0.3, -0.25) is 14.9 Å². The van der Waals surface area contributed by atoms with Crippen LogP contribution < -0.4 is 24.8 Å². The Morgan fingerprint density at radius 2 is 1.75 bits per heavy atom. The number of aliphatic hydroxyl groups excluding tert-OH is 1. The predicted octanol–water partition coefficient (Wildman–Crippen LogP) is 4.62. The number of carbonyl (C=O) groups is 2. The van der Waals surface area contributed by atoms with E-state index in [0.29, 0.717) is 28.4 Å². The maximum Gasteiger partial charge on any atom is 0.231 e. The molecule has 0 bridgehead atoms. The van der Waals surface area contributed by atoms with Crippen molar-refractivity contribution in [3.63, 3.8) is 0 Å². The number of nitrogens with zero attached hydrogens (tertiary/aromatic N) is 2. The van der Waals surface area contributed by atoms with Crippen LogP contribution in [0.1, 0.15) is 57.2 Å². The summed E-state index contributed by atoms with van der Waals surface area (Å²) in [6.45, 7) is 11.1. The van der Waals surface area contributed by atoms with Gasteiger partial charge in [0.25, 0.3) is 0 Å². The summed E-state index contributed by atoms with van der Waals surface area (Å²) in [5.74, 6) is 0.895. The van der Waals surface area contributed by atoms with E-state index in [1.807, 2.05) is 12.1 Å². The Hall–Kier alpha value is -3.92. The summed E-state index contributed by atoms with van der Waals surface area (Å²) in [4.78, 5) is 33.7. The molecule has 2 aromatic rings. The highest BCUT2D eigenvalue weighted by atomic mass is 16.5. The minimum Gasteiger partial charge on any atom is -0.493 e. The topological polar surface area (TPSA) is 132 Å². The molecule has 1 aliphatic carbocycles. The molecular weight excluding hydrogens is 512 g/mol. The van der Waals surface area contributed by atoms with Gasteiger partial charge in [-0.25, -0.2) is 4.98 Å². The van der Waals surface area contributed by atoms with Gasteiger partial charge in [-0.1, -0.05) is 52.5 Å². The van der Waals surface area contributed by atoms with Crippen LogP contribution in [0.3, 0.4) is 0 Å². The van der Waals surface area contributed by atoms with Gasteiger partial charge < -0.3 is 24.6 Å². The maximum atomic E-state index is 12.7. The quantitative estimate of drug-likeness (QED) is 0.289. The highest BCUT2D eigenvalue weighted by Gasteiger charge is 2.28. The Bertz CT molecular complexity index is 1250. The second-order valence-corrected chi connectivity index (χ2v) is 10.3. The number of aromatic nitrogens is 2. The van der Waals surface area contributed by atoms with Gasteiger partial charge >= 0.3 is 0 Å². The molecule has 1 fully saturated rings. The molecule has 10 nitrogen and oxygen atoms in total. The Kier molecular flexibility index (Phi) is 10.7. The lowest BCUT2D eigenvalue weighted by Gasteiger charge is -2.20. The zero-order chi connectivity index (χ0) is 29.4. The van der Waals surface area contributed by atoms with Gasteiger partial charge in [-0.2, -0.15) is 4.98 Å². The molecule has 2 amide bonds. The van der Waals surface area contributed by atoms with Gasteiger partial charge in [0.05, 0.1) is 20.3 Å². The van der Waals surface area contributed by atoms with Crippen molar-refractivity contribution in [3.8, 4) is 17.2 Å². The summed E-state index contributed by atoms with van der Waals surface area (Å²) in [7, 11) is 3.07. The smallest absolute Gasteiger partial charge is 0.231 e. The number of aliphatic hydroxyl groups is 1. The van der Waals surface area contributed by atoms with Crippen molar-refractivity contribution < 1.29 is 28.9 Å². The number of carbonyl (C=O) groups excluding carboxylic acids is 2. The Morgan fingerprint density at radius 1 is 1.07 bits per heavy atom. The van der Waals surface area contributed by atoms with Gasteiger partial charge in [0.2, 0.25) is 23.5 Å². The molecular formula is C30H40N4O6. The van der Waals surface area contributed by atoms with E-state index < -0.39 is 6.10 Å². The standard InChI is InChI=1S/C30H40N4O6/c1-8-13-40-25-22(11-12-23(35)19-9-10-19)20(15-24(38-6)26(25)39-7)14-21-16-31-30(34-29(37)18(4)5)33-27(21)32-28(36)17(2)3/h8,11-12,15-19,23,35H,1,9-10,13-14H2,2-7H3,(H2,31,32,33,34,36,37)/b12-11+. The van der Waals surface area contributed by atoms with Crippen molar-refractivity contribution in [2.45, 2.75) is 53.1 Å². The molecule has 10 heteroatoms. The van der Waals surface area contributed by atoms with Crippen LogP contribution in [0.4, 0.5) is 11.8 Å². The zero-order valence-corrected chi connectivity index (χ0v) is 24.1. The first-order valence-corrected chi connectivity index (χ1v) is 13.4. The molecule has 3 N–H and O–H groups in total. The molecule has 1 saturated carbocycles. The molecule has 1 aromatic heterocycles. The van der Waals surface area contributed by atoms with E-state index in [9.17, 15) is 14.7 Å². The average Bonchev–Trinajstić information content (AvgIpc) is 3.77. The Labute approximate surface area is 235 Å². The summed E-state index contributed by atoms with van der Waals surface area (Å²) in [5.41, 5.74) is 2.05. The van der Waals surface area contributed by atoms with Gasteiger partial charge in [0, 0.05) is 35.6 Å². The van der Waals surface area contributed by atoms with E-state index in [-0.39, 0.29) is 54.4 Å². The Balaban J connectivity index is 2.14. The largest absolute Gasteiger partial charge is 0.493 e. The van der Waals surface area contributed by atoms with Crippen LogP contribution in [-0.2, 0) is 16.0 Å². The molecule has 1 aliphatic rings. The van der Waals surface area contributed by atoms with Gasteiger partial charge in [-0.05, 0) is 30.4 Å². The highest BCUT2D eigenvalue weighted by molar-refractivity contribution is 5.93. The summed E-state index contributed by atoms with van der Waals surface area (Å²) in [6.07, 6.45) is 8.45. The fourth-order valence-electron chi connectivity index (χ4n) is 3.86. The summed E-state index contributed by atoms with van der Waals surface area (Å²) < 4.78 is 17.3. The third-order valence-corrected chi connectivity index (χ3v) is 6.43. The molecule has 40 heavy (non-hydrogen) atoms. The molecule has 1 aromatic carbocycles. The van der Waals surface area contributed by atoms with E-state index in [4.69, 9.17) is 14.2 Å². The SMILES string of the molecule is C=CCOc1c(/C=C/C(O)C2CC2)c(Cc2cnc(NC(=O)C(C)C)nc2NC(=O)C(C)C)cc(OC)c1OC. The van der Waals surface area contributed by atoms with Gasteiger partial charge in [0.15, 0.2) is 11.5 Å². The zero-order valence-electron chi connectivity index (χ0n) is 24.1. The van der Waals surface area contributed by atoms with E-state index in [0.717, 1.165) is 18.4 Å². The van der Waals surface area contributed by atoms with Crippen LogP contribution >= 0.6 is 0 Å². The molecule has 216 valence electrons. The number of rotatable bonds is 14. The number of hydrogen-bond acceptors (Lipinski definition) is 8. The lowest BCUT2D eigenvalue weighted by molar-refractivity contribution is -0.119. The summed E-state index contributed by atoms with van der Waals surface area (Å²) in [6, 6.07) is 1.82. The van der Waals surface area contributed by atoms with Crippen molar-refractivity contribution in [2.24, 2.45) is 17.8 Å². The van der Waals surface area contributed by atoms with Crippen molar-refractivity contribution >= 4 is 29.7 Å². The van der Waals surface area contributed by atoms with Crippen LogP contribution in [0.25, 0.3) is 6.08 Å². The second kappa shape index (κ2) is 13.9. The molecule has 0 spiro atoms. The average molecular weight is 553 g/mol. The number of nitrogens with one attached hydrogen (secondary N) is 2. The number of hydrogen-bond donors (Lipinski definition) is 3. The van der Waals surface area contributed by atoms with Crippen molar-refractivity contribution in [1.29, 1.82) is 0 Å². The highest BCUT2D eigenvalue weighted by Crippen LogP contribution is 2.44. The van der Waals surface area contributed by atoms with Crippen LogP contribution in [-0.4, -0.2) is 53.8 Å². The normalized spacial score (nSPS) is 13.8. The number of methoxy groups -OCH3 is 2. The van der Waals surface area contributed by atoms with Crippen molar-refractivity contribution in [1.82, 2.24) is 9.97 Å². The van der Waals surface area contributed by atoms with E-state index in [1.165, 1.54) is 14.2 Å². The van der Waals surface area contributed by atoms with E-state index in [2.05, 4.69) is 27.2 Å². The molecule has 1 unspecified atom stereocenters. The fraction of sp³-hybridized carbons (Fsp3) is 0.467. The number of anilines is 2. The monoisotopic (exact) mass is 552 g/mol. The van der Waals surface area contributed by atoms with Gasteiger partial charge in [0.1, 0.15) is 12.4 Å². The second-order valence-electron chi connectivity index (χ2n) is 10.3. The van der Waals surface area contributed by atoms with E-state index >= 15 is 0 Å². The molecule has 1 heterocycles. The summed E-state index contributed by atoms with van der Waals surface area (Å²) >= 11 is 0. The first-order chi connectivity index (χ1) is 19.1. The fourth-order valence-corrected chi connectivity index (χ4v) is 3.86. The number of benzene rings is 1. The van der Waals surface area contributed by atoms with E-state index in [1.54, 1.807) is 46.0 Å². The summed E-state index contributed by atoms with van der Waals surface area (Å²) in [5, 5.41) is 16.1. The minimum atomic E-state index is -0.582. The minimum absolute atomic E-state index is 0.0940. The maximum absolute atomic E-state index is 12.7. The van der Waals surface area contributed by atoms with Crippen molar-refractivity contribution in [3.05, 3.63) is 47.7 Å². The Morgan fingerprint density at radius 3 is 2.33 bits per heavy atom. The van der Waals surface area contributed by atoms with Crippen LogP contribution in [0, 0.1) is 17.8 Å². The number of amides is 2. The first kappa shape index (κ1) is 30.6. The molecule has 3 rings (SSSR count). The third kappa shape index (κ3) is 7.81. The number of ether oxygens (including phenoxy) is 3. The van der Waals surface area contributed by atoms with Crippen LogP contribution in [0.5, 0.6) is 17.2 Å².